The summed E-state index contributed by atoms with van der Waals surface area (Å²) in [4.78, 5) is 118. The Bertz CT molecular complexity index is 3270. The third-order valence-corrected chi connectivity index (χ3v) is 24.3. The van der Waals surface area contributed by atoms with Gasteiger partial charge >= 0.3 is 0 Å². The first-order valence-electron chi connectivity index (χ1n) is 55.1. The molecule has 0 aliphatic heterocycles. The van der Waals surface area contributed by atoms with Crippen LogP contribution in [0.5, 0.6) is 0 Å². The molecule has 0 spiro atoms. The first kappa shape index (κ1) is 178. The van der Waals surface area contributed by atoms with Crippen LogP contribution in [-0.4, -0.2) is 178 Å². The first-order chi connectivity index (χ1) is 63.0. The summed E-state index contributed by atoms with van der Waals surface area (Å²) in [6, 6.07) is 14.1. The van der Waals surface area contributed by atoms with E-state index in [0.717, 1.165) is 63.7 Å². The molecule has 3 fully saturated rings. The minimum Gasteiger partial charge on any atom is -0.308 e. The largest absolute Gasteiger partial charge is 0.308 e. The van der Waals surface area contributed by atoms with E-state index in [4.69, 9.17) is 0 Å². The second-order valence-corrected chi connectivity index (χ2v) is 46.9. The summed E-state index contributed by atoms with van der Waals surface area (Å²) < 4.78 is 0. The molecule has 1 aromatic rings. The maximum absolute atomic E-state index is 12.3. The maximum atomic E-state index is 12.3. The Balaban J connectivity index is -0.0000000923. The third kappa shape index (κ3) is 87.4. The second-order valence-electron chi connectivity index (χ2n) is 46.9. The number of hydrogen-bond donors (Lipinski definition) is 10. The number of nitrogens with one attached hydrogen (secondary N) is 10. The van der Waals surface area contributed by atoms with E-state index < -0.39 is 0 Å². The van der Waals surface area contributed by atoms with Gasteiger partial charge in [0.1, 0.15) is 5.78 Å². The molecule has 3 aliphatic carbocycles. The number of Topliss-reactive ketones (excluding diaryl/α,β-unsaturated/α-hetero) is 10. The fourth-order valence-corrected chi connectivity index (χ4v) is 17.1. The van der Waals surface area contributed by atoms with Crippen molar-refractivity contribution in [2.75, 3.05) is 6.54 Å². The summed E-state index contributed by atoms with van der Waals surface area (Å²) in [5, 5.41) is 33.4. The van der Waals surface area contributed by atoms with Crippen molar-refractivity contribution in [2.24, 2.45) is 82.9 Å². The van der Waals surface area contributed by atoms with Gasteiger partial charge in [0, 0.05) is 120 Å². The number of ketones is 10. The second kappa shape index (κ2) is 98.4. The van der Waals surface area contributed by atoms with Crippen LogP contribution in [0.25, 0.3) is 0 Å². The smallest absolute Gasteiger partial charge is 0.155 e. The summed E-state index contributed by atoms with van der Waals surface area (Å²) in [6.07, 6.45) is 21.6. The van der Waals surface area contributed by atoms with Gasteiger partial charge in [0.25, 0.3) is 0 Å². The highest BCUT2D eigenvalue weighted by atomic mass is 16.2. The molecule has 20 nitrogen and oxygen atoms in total. The number of rotatable bonds is 50. The van der Waals surface area contributed by atoms with Crippen LogP contribution in [0.2, 0.25) is 0 Å². The number of hydrogen-bond acceptors (Lipinski definition) is 20. The average molecular weight is 2100 g/mol. The lowest BCUT2D eigenvalue weighted by Gasteiger charge is -2.39. The summed E-state index contributed by atoms with van der Waals surface area (Å²) in [5.41, 5.74) is 0.808. The molecule has 10 N–H and O–H groups in total. The molecule has 3 aliphatic rings. The summed E-state index contributed by atoms with van der Waals surface area (Å²) in [7, 11) is 0. The van der Waals surface area contributed by atoms with Gasteiger partial charge in [0.15, 0.2) is 52.0 Å². The van der Waals surface area contributed by atoms with Crippen molar-refractivity contribution in [3.63, 3.8) is 0 Å². The van der Waals surface area contributed by atoms with Gasteiger partial charge in [-0.25, -0.2) is 0 Å². The quantitative estimate of drug-likeness (QED) is 0.0290. The van der Waals surface area contributed by atoms with E-state index >= 15 is 0 Å². The fourth-order valence-electron chi connectivity index (χ4n) is 17.1. The van der Waals surface area contributed by atoms with Crippen LogP contribution in [0.15, 0.2) is 30.3 Å². The van der Waals surface area contributed by atoms with Crippen LogP contribution in [0.4, 0.5) is 0 Å². The van der Waals surface area contributed by atoms with Gasteiger partial charge in [0.2, 0.25) is 0 Å². The van der Waals surface area contributed by atoms with Crippen LogP contribution in [0.3, 0.4) is 0 Å². The topological polar surface area (TPSA) is 291 Å². The van der Waals surface area contributed by atoms with Gasteiger partial charge in [0.05, 0.1) is 59.9 Å². The van der Waals surface area contributed by atoms with Crippen LogP contribution >= 0.6 is 0 Å². The van der Waals surface area contributed by atoms with Gasteiger partial charge in [-0.3, -0.25) is 47.9 Å². The maximum Gasteiger partial charge on any atom is 0.155 e. The lowest BCUT2D eigenvalue weighted by Crippen LogP contribution is -2.57. The molecular formula is C127H270N10O10. The molecule has 4 rings (SSSR count). The molecule has 3 saturated carbocycles. The molecule has 0 aromatic heterocycles. The lowest BCUT2D eigenvalue weighted by molar-refractivity contribution is -0.130. The van der Waals surface area contributed by atoms with Gasteiger partial charge in [-0.2, -0.15) is 0 Å². The Morgan fingerprint density at radius 3 is 0.871 bits per heavy atom. The molecular weight excluding hydrogens is 1830 g/mol. The molecule has 20 heteroatoms. The van der Waals surface area contributed by atoms with E-state index in [2.05, 4.69) is 218 Å². The van der Waals surface area contributed by atoms with E-state index in [0.29, 0.717) is 137 Å². The molecule has 0 saturated heterocycles. The van der Waals surface area contributed by atoms with Crippen LogP contribution in [-0.2, 0) is 54.4 Å². The van der Waals surface area contributed by atoms with Crippen molar-refractivity contribution in [1.29, 1.82) is 0 Å². The third-order valence-electron chi connectivity index (χ3n) is 24.3. The van der Waals surface area contributed by atoms with Crippen molar-refractivity contribution < 1.29 is 47.9 Å². The highest BCUT2D eigenvalue weighted by Gasteiger charge is 2.43. The summed E-state index contributed by atoms with van der Waals surface area (Å²) >= 11 is 0. The molecule has 8 unspecified atom stereocenters. The van der Waals surface area contributed by atoms with Crippen molar-refractivity contribution in [3.8, 4) is 0 Å². The van der Waals surface area contributed by atoms with Crippen LogP contribution in [0, 0.1) is 82.9 Å². The van der Waals surface area contributed by atoms with Crippen molar-refractivity contribution in [1.82, 2.24) is 53.2 Å². The average Bonchev–Trinajstić information content (AvgIpc) is 1.80. The Morgan fingerprint density at radius 2 is 0.578 bits per heavy atom. The van der Waals surface area contributed by atoms with E-state index in [1.807, 2.05) is 198 Å². The van der Waals surface area contributed by atoms with Crippen LogP contribution < -0.4 is 53.2 Å². The first-order valence-corrected chi connectivity index (χ1v) is 55.1. The zero-order chi connectivity index (χ0) is 108. The Hall–Kier alpha value is -4.48. The summed E-state index contributed by atoms with van der Waals surface area (Å²) in [5.74, 6) is 6.88. The zero-order valence-corrected chi connectivity index (χ0v) is 98.5. The zero-order valence-electron chi connectivity index (χ0n) is 98.5. The van der Waals surface area contributed by atoms with Gasteiger partial charge < -0.3 is 53.2 Å². The predicted octanol–water partition coefficient (Wildman–Crippen LogP) is 30.4. The van der Waals surface area contributed by atoms with E-state index in [1.165, 1.54) is 69.8 Å². The number of carbonyl (C=O) groups is 10. The van der Waals surface area contributed by atoms with Gasteiger partial charge in [-0.05, 0) is 115 Å². The summed E-state index contributed by atoms with van der Waals surface area (Å²) in [6.45, 7) is 98.3. The molecule has 1 aromatic carbocycles. The predicted molar refractivity (Wildman–Crippen MR) is 658 cm³/mol. The molecule has 0 amide bonds. The molecule has 888 valence electrons. The van der Waals surface area contributed by atoms with Gasteiger partial charge in [-0.15, -0.1) is 0 Å². The minimum absolute atomic E-state index is 0. The number of carbonyl (C=O) groups excluding carboxylic acids is 10. The Labute approximate surface area is 921 Å². The van der Waals surface area contributed by atoms with Crippen molar-refractivity contribution in [3.05, 3.63) is 35.9 Å². The highest BCUT2D eigenvalue weighted by molar-refractivity contribution is 5.92. The standard InChI is InChI=1S/C15H29NO.C15H23NO.C13H25NO.C12H23NO.2C12H25NO.C11H23NO.C10H21NO.C9H19NO.C8H17NO.10CH4/c2*1-11(2)15(17)14(16-12(3)4)10-13-8-6-5-7-9-13;1-10(2)12(15)13(14-11(3)4)8-6-5-7-9-13;1-9(2)11(14)12(13-10(3)4)7-5-6-8-12;1-8(2)7-11(13-10(5)6)12(14)9(3)4;1-7-10(6)11(13-9(4)5)12(14)8(2)3;1-7(2)10(12-9(5)6)11(13)8(3)4;1-6-9(11-8(4)5)10(12)7(2)3;1-6(2)9(11)8(5)10-7(3)4;1-6(2)8(10)5-9-7(3)4;;;;;;;;;;/h11-14,16H,5-10H2,1-4H3;5-9,11-12,14,16H,10H2,1-4H3;10-11,14H,5-9H2,1-4H3;9-10,13H,5-8H2,1-4H3;2*8-11,13H,7H2,1-6H3;7-10,12H,1-6H3;7-9,11H,6H2,1-5H3;6-8,10H,1-5H3;6-7,9H,5H2,1-4H3;10*1H4. The Kier molecular flexibility index (Phi) is 119. The molecule has 147 heavy (non-hydrogen) atoms. The van der Waals surface area contributed by atoms with Crippen molar-refractivity contribution >= 4 is 57.8 Å². The van der Waals surface area contributed by atoms with E-state index in [1.54, 1.807) is 0 Å². The highest BCUT2D eigenvalue weighted by Crippen LogP contribution is 2.35. The normalized spacial score (nSPS) is 15.0. The fraction of sp³-hybridized carbons (Fsp3) is 0.874. The van der Waals surface area contributed by atoms with E-state index in [-0.39, 0.29) is 193 Å². The molecule has 0 radical (unpaired) electrons. The van der Waals surface area contributed by atoms with E-state index in [9.17, 15) is 47.9 Å². The molecule has 0 heterocycles. The SMILES string of the molecule is C.C.C.C.C.C.C.C.C.C.CC(C)CC(NC(C)C)C(=O)C(C)C.CC(C)NC(C(=O)C(C)C)C(C)C.CC(C)NC(C)C(=O)C(C)C.CC(C)NC(CC1CCCCC1)C(=O)C(C)C.CC(C)NC(Cc1ccccc1)C(=O)C(C)C.CC(C)NC1(C(=O)C(C)C)CCCC1.CC(C)NC1(C(=O)C(C)C)CCCCC1.CC(C)NCC(=O)C(C)C.CCC(C)C(NC(C)C)C(=O)C(C)C.CCC(NC(C)C)C(=O)C(C)C. The minimum atomic E-state index is -0.208. The van der Waals surface area contributed by atoms with Crippen molar-refractivity contribution in [2.45, 2.75) is 642 Å². The molecule has 0 bridgehead atoms. The lowest BCUT2D eigenvalue weighted by atomic mass is 9.75. The Morgan fingerprint density at radius 1 is 0.286 bits per heavy atom. The van der Waals surface area contributed by atoms with Gasteiger partial charge in [-0.1, -0.05) is 473 Å². The van der Waals surface area contributed by atoms with Crippen LogP contribution in [0.1, 0.15) is 528 Å². The molecule has 8 atom stereocenters. The monoisotopic (exact) mass is 2100 g/mol. The number of benzene rings is 1.